The maximum Gasteiger partial charge on any atom is 0.244 e. The summed E-state index contributed by atoms with van der Waals surface area (Å²) < 4.78 is 9.22. The third-order valence-electron chi connectivity index (χ3n) is 6.92. The molecule has 0 aliphatic heterocycles. The van der Waals surface area contributed by atoms with Gasteiger partial charge in [-0.2, -0.15) is 15.3 Å². The summed E-state index contributed by atoms with van der Waals surface area (Å²) in [4.78, 5) is 17.0. The number of carbonyl (C=O) groups is 1. The summed E-state index contributed by atoms with van der Waals surface area (Å²) in [6.45, 7) is 2.01. The van der Waals surface area contributed by atoms with Crippen LogP contribution in [-0.2, 0) is 4.79 Å². The first-order valence-corrected chi connectivity index (χ1v) is 11.3. The summed E-state index contributed by atoms with van der Waals surface area (Å²) in [7, 11) is 1.60. The summed E-state index contributed by atoms with van der Waals surface area (Å²) in [6.07, 6.45) is 8.33. The molecular formula is C24H24N8O2. The normalized spacial score (nSPS) is 22.7. The van der Waals surface area contributed by atoms with Gasteiger partial charge >= 0.3 is 0 Å². The van der Waals surface area contributed by atoms with E-state index in [1.54, 1.807) is 17.8 Å². The molecule has 0 atom stereocenters. The number of ether oxygens (including phenoxy) is 1. The minimum absolute atomic E-state index is 0.115. The van der Waals surface area contributed by atoms with E-state index < -0.39 is 5.41 Å². The molecule has 10 nitrogen and oxygen atoms in total. The molecule has 1 amide bonds. The van der Waals surface area contributed by atoms with Crippen molar-refractivity contribution in [2.75, 3.05) is 12.4 Å². The highest BCUT2D eigenvalue weighted by Crippen LogP contribution is 2.46. The topological polar surface area (TPSA) is 122 Å². The van der Waals surface area contributed by atoms with Gasteiger partial charge in [0.15, 0.2) is 0 Å². The van der Waals surface area contributed by atoms with Gasteiger partial charge in [0.25, 0.3) is 0 Å². The van der Waals surface area contributed by atoms with E-state index in [2.05, 4.69) is 38.0 Å². The fourth-order valence-corrected chi connectivity index (χ4v) is 4.84. The molecule has 4 aromatic rings. The smallest absolute Gasteiger partial charge is 0.244 e. The molecule has 2 aliphatic rings. The van der Waals surface area contributed by atoms with E-state index in [0.717, 1.165) is 35.0 Å². The van der Waals surface area contributed by atoms with Gasteiger partial charge in [-0.15, -0.1) is 5.10 Å². The number of nitrogens with zero attached hydrogens (tertiary/aromatic N) is 6. The number of hydrogen-bond acceptors (Lipinski definition) is 7. The molecule has 0 spiro atoms. The van der Waals surface area contributed by atoms with Crippen LogP contribution in [0.15, 0.2) is 42.9 Å². The van der Waals surface area contributed by atoms with Crippen molar-refractivity contribution in [2.45, 2.75) is 44.2 Å². The standard InChI is InChI=1S/C24H24N8O2/c1-23(29-21(33)24(14-25)6-7-24)12-16(13-23)27-22-28-20(34-2)19-18(5-10-32(19)30-22)15-4-9-31-17(11-15)3-8-26-31/h3-5,8-11,16H,6-7,12-13H2,1-2H3,(H,27,30)(H,29,33). The van der Waals surface area contributed by atoms with Crippen molar-refractivity contribution in [3.63, 3.8) is 0 Å². The Kier molecular flexibility index (Phi) is 4.33. The quantitative estimate of drug-likeness (QED) is 0.457. The molecule has 0 unspecified atom stereocenters. The van der Waals surface area contributed by atoms with E-state index in [4.69, 9.17) is 4.74 Å². The van der Waals surface area contributed by atoms with Gasteiger partial charge in [-0.25, -0.2) is 9.03 Å². The SMILES string of the molecule is COc1nc(NC2CC(C)(NC(=O)C3(C#N)CC3)C2)nn2ccc(-c3ccn4nccc4c3)c12. The second-order valence-electron chi connectivity index (χ2n) is 9.54. The van der Waals surface area contributed by atoms with Crippen LogP contribution in [0.25, 0.3) is 22.2 Å². The lowest BCUT2D eigenvalue weighted by Crippen LogP contribution is -2.60. The highest BCUT2D eigenvalue weighted by Gasteiger charge is 2.53. The highest BCUT2D eigenvalue weighted by atomic mass is 16.5. The first kappa shape index (κ1) is 20.5. The van der Waals surface area contributed by atoms with Gasteiger partial charge in [-0.3, -0.25) is 4.79 Å². The zero-order chi connectivity index (χ0) is 23.5. The number of rotatable bonds is 6. The first-order chi connectivity index (χ1) is 16.4. The maximum absolute atomic E-state index is 12.4. The van der Waals surface area contributed by atoms with Crippen molar-refractivity contribution in [1.29, 1.82) is 5.26 Å². The van der Waals surface area contributed by atoms with E-state index in [1.165, 1.54) is 0 Å². The Labute approximate surface area is 195 Å². The number of pyridine rings is 1. The molecule has 2 aliphatic carbocycles. The lowest BCUT2D eigenvalue weighted by Gasteiger charge is -2.46. The Morgan fingerprint density at radius 2 is 2.03 bits per heavy atom. The lowest BCUT2D eigenvalue weighted by atomic mass is 9.73. The van der Waals surface area contributed by atoms with Crippen molar-refractivity contribution >= 4 is 22.9 Å². The lowest BCUT2D eigenvalue weighted by molar-refractivity contribution is -0.127. The van der Waals surface area contributed by atoms with E-state index in [0.29, 0.717) is 24.7 Å². The Hall–Kier alpha value is -4.13. The molecule has 4 heterocycles. The fraction of sp³-hybridized carbons (Fsp3) is 0.375. The van der Waals surface area contributed by atoms with Gasteiger partial charge in [-0.1, -0.05) is 0 Å². The number of carbonyl (C=O) groups excluding carboxylic acids is 1. The second-order valence-corrected chi connectivity index (χ2v) is 9.54. The predicted octanol–water partition coefficient (Wildman–Crippen LogP) is 2.81. The van der Waals surface area contributed by atoms with Crippen LogP contribution in [0, 0.1) is 16.7 Å². The summed E-state index contributed by atoms with van der Waals surface area (Å²) in [6, 6.07) is 10.3. The molecule has 34 heavy (non-hydrogen) atoms. The van der Waals surface area contributed by atoms with Gasteiger partial charge in [0.1, 0.15) is 10.9 Å². The van der Waals surface area contributed by atoms with Crippen LogP contribution in [0.4, 0.5) is 5.95 Å². The van der Waals surface area contributed by atoms with Crippen LogP contribution in [-0.4, -0.2) is 48.8 Å². The third-order valence-corrected chi connectivity index (χ3v) is 6.92. The van der Waals surface area contributed by atoms with Crippen LogP contribution in [0.1, 0.15) is 32.6 Å². The van der Waals surface area contributed by atoms with E-state index in [9.17, 15) is 10.1 Å². The van der Waals surface area contributed by atoms with Crippen molar-refractivity contribution in [3.8, 4) is 23.1 Å². The Bertz CT molecular complexity index is 1470. The number of aromatic nitrogens is 5. The van der Waals surface area contributed by atoms with Gasteiger partial charge in [-0.05, 0) is 62.4 Å². The maximum atomic E-state index is 12.4. The number of amides is 1. The molecule has 4 aromatic heterocycles. The van der Waals surface area contributed by atoms with E-state index in [-0.39, 0.29) is 17.5 Å². The third kappa shape index (κ3) is 3.23. The summed E-state index contributed by atoms with van der Waals surface area (Å²) in [5.74, 6) is 0.794. The number of nitrogens with one attached hydrogen (secondary N) is 2. The molecule has 0 bridgehead atoms. The number of nitriles is 1. The molecule has 0 saturated heterocycles. The minimum atomic E-state index is -0.808. The van der Waals surface area contributed by atoms with Gasteiger partial charge < -0.3 is 15.4 Å². The van der Waals surface area contributed by atoms with Crippen molar-refractivity contribution in [2.24, 2.45) is 5.41 Å². The number of anilines is 1. The van der Waals surface area contributed by atoms with E-state index in [1.807, 2.05) is 42.0 Å². The zero-order valence-corrected chi connectivity index (χ0v) is 18.9. The molecule has 0 aromatic carbocycles. The molecule has 6 rings (SSSR count). The Morgan fingerprint density at radius 3 is 2.76 bits per heavy atom. The summed E-state index contributed by atoms with van der Waals surface area (Å²) in [5.41, 5.74) is 2.64. The zero-order valence-electron chi connectivity index (χ0n) is 18.9. The first-order valence-electron chi connectivity index (χ1n) is 11.3. The van der Waals surface area contributed by atoms with Crippen LogP contribution >= 0.6 is 0 Å². The molecule has 0 radical (unpaired) electrons. The van der Waals surface area contributed by atoms with Crippen LogP contribution in [0.5, 0.6) is 5.88 Å². The molecule has 172 valence electrons. The van der Waals surface area contributed by atoms with Crippen LogP contribution in [0.3, 0.4) is 0 Å². The summed E-state index contributed by atoms with van der Waals surface area (Å²) in [5, 5.41) is 24.6. The van der Waals surface area contributed by atoms with Gasteiger partial charge in [0, 0.05) is 35.7 Å². The minimum Gasteiger partial charge on any atom is -0.479 e. The van der Waals surface area contributed by atoms with Gasteiger partial charge in [0.05, 0.1) is 18.7 Å². The van der Waals surface area contributed by atoms with E-state index >= 15 is 0 Å². The molecular weight excluding hydrogens is 432 g/mol. The van der Waals surface area contributed by atoms with Gasteiger partial charge in [0.2, 0.25) is 17.7 Å². The average molecular weight is 457 g/mol. The monoisotopic (exact) mass is 456 g/mol. The fourth-order valence-electron chi connectivity index (χ4n) is 4.84. The molecule has 2 saturated carbocycles. The predicted molar refractivity (Wildman–Crippen MR) is 124 cm³/mol. The van der Waals surface area contributed by atoms with Crippen LogP contribution in [0.2, 0.25) is 0 Å². The molecule has 2 N–H and O–H groups in total. The number of hydrogen-bond donors (Lipinski definition) is 2. The Morgan fingerprint density at radius 1 is 1.24 bits per heavy atom. The average Bonchev–Trinajstić information content (AvgIpc) is 3.28. The largest absolute Gasteiger partial charge is 0.479 e. The molecule has 10 heteroatoms. The van der Waals surface area contributed by atoms with Crippen molar-refractivity contribution in [1.82, 2.24) is 29.5 Å². The Balaban J connectivity index is 1.21. The second kappa shape index (κ2) is 7.18. The van der Waals surface area contributed by atoms with Crippen molar-refractivity contribution < 1.29 is 9.53 Å². The van der Waals surface area contributed by atoms with Crippen molar-refractivity contribution in [3.05, 3.63) is 42.9 Å². The number of methoxy groups -OCH3 is 1. The molecule has 2 fully saturated rings. The summed E-state index contributed by atoms with van der Waals surface area (Å²) >= 11 is 0. The highest BCUT2D eigenvalue weighted by molar-refractivity contribution is 5.89. The van der Waals surface area contributed by atoms with Crippen LogP contribution < -0.4 is 15.4 Å². The number of fused-ring (bicyclic) bond motifs is 2.